The van der Waals surface area contributed by atoms with Gasteiger partial charge in [0, 0.05) is 30.7 Å². The first-order chi connectivity index (χ1) is 11.9. The molecule has 1 aromatic carbocycles. The molecule has 1 saturated heterocycles. The lowest BCUT2D eigenvalue weighted by molar-refractivity contribution is -0.141. The second-order valence-electron chi connectivity index (χ2n) is 5.53. The van der Waals surface area contributed by atoms with E-state index in [0.717, 1.165) is 37.1 Å². The van der Waals surface area contributed by atoms with Crippen LogP contribution in [-0.2, 0) is 10.9 Å². The predicted octanol–water partition coefficient (Wildman–Crippen LogP) is 3.19. The SMILES string of the molecule is O=C(Nc1ccc(N2CCOCC2)cc1)c1ccc(C(F)(F)F)nc1. The number of nitrogens with zero attached hydrogens (tertiary/aromatic N) is 2. The Bertz CT molecular complexity index is 724. The van der Waals surface area contributed by atoms with Crippen molar-refractivity contribution in [1.82, 2.24) is 4.98 Å². The van der Waals surface area contributed by atoms with Crippen LogP contribution in [0.15, 0.2) is 42.6 Å². The van der Waals surface area contributed by atoms with Crippen LogP contribution in [0.1, 0.15) is 16.1 Å². The summed E-state index contributed by atoms with van der Waals surface area (Å²) in [7, 11) is 0. The van der Waals surface area contributed by atoms with Gasteiger partial charge in [-0.05, 0) is 36.4 Å². The minimum Gasteiger partial charge on any atom is -0.378 e. The minimum atomic E-state index is -4.52. The van der Waals surface area contributed by atoms with E-state index in [-0.39, 0.29) is 5.56 Å². The molecular weight excluding hydrogens is 335 g/mol. The van der Waals surface area contributed by atoms with Gasteiger partial charge in [0.2, 0.25) is 0 Å². The highest BCUT2D eigenvalue weighted by Crippen LogP contribution is 2.27. The first-order valence-electron chi connectivity index (χ1n) is 7.71. The van der Waals surface area contributed by atoms with Gasteiger partial charge in [0.1, 0.15) is 5.69 Å². The number of aromatic nitrogens is 1. The van der Waals surface area contributed by atoms with Gasteiger partial charge in [-0.3, -0.25) is 9.78 Å². The third-order valence-electron chi connectivity index (χ3n) is 3.82. The number of benzene rings is 1. The van der Waals surface area contributed by atoms with Gasteiger partial charge in [0.25, 0.3) is 5.91 Å². The summed E-state index contributed by atoms with van der Waals surface area (Å²) in [5.41, 5.74) is 0.614. The summed E-state index contributed by atoms with van der Waals surface area (Å²) >= 11 is 0. The van der Waals surface area contributed by atoms with E-state index in [9.17, 15) is 18.0 Å². The first-order valence-corrected chi connectivity index (χ1v) is 7.71. The van der Waals surface area contributed by atoms with Crippen molar-refractivity contribution in [1.29, 1.82) is 0 Å². The van der Waals surface area contributed by atoms with Crippen LogP contribution in [-0.4, -0.2) is 37.2 Å². The molecule has 25 heavy (non-hydrogen) atoms. The number of hydrogen-bond donors (Lipinski definition) is 1. The summed E-state index contributed by atoms with van der Waals surface area (Å²) < 4.78 is 42.8. The maximum Gasteiger partial charge on any atom is 0.433 e. The Hall–Kier alpha value is -2.61. The fraction of sp³-hybridized carbons (Fsp3) is 0.294. The molecule has 0 unspecified atom stereocenters. The fourth-order valence-corrected chi connectivity index (χ4v) is 2.48. The van der Waals surface area contributed by atoms with Crippen molar-refractivity contribution < 1.29 is 22.7 Å². The topological polar surface area (TPSA) is 54.5 Å². The summed E-state index contributed by atoms with van der Waals surface area (Å²) in [6.45, 7) is 2.98. The van der Waals surface area contributed by atoms with Crippen molar-refractivity contribution in [2.24, 2.45) is 0 Å². The lowest BCUT2D eigenvalue weighted by Gasteiger charge is -2.28. The van der Waals surface area contributed by atoms with Gasteiger partial charge >= 0.3 is 6.18 Å². The van der Waals surface area contributed by atoms with E-state index in [2.05, 4.69) is 15.2 Å². The third-order valence-corrected chi connectivity index (χ3v) is 3.82. The zero-order chi connectivity index (χ0) is 17.9. The van der Waals surface area contributed by atoms with Crippen molar-refractivity contribution in [3.63, 3.8) is 0 Å². The van der Waals surface area contributed by atoms with E-state index < -0.39 is 17.8 Å². The highest BCUT2D eigenvalue weighted by atomic mass is 19.4. The van der Waals surface area contributed by atoms with Gasteiger partial charge in [-0.1, -0.05) is 0 Å². The van der Waals surface area contributed by atoms with E-state index >= 15 is 0 Å². The van der Waals surface area contributed by atoms with Crippen molar-refractivity contribution >= 4 is 17.3 Å². The van der Waals surface area contributed by atoms with Gasteiger partial charge < -0.3 is 15.0 Å². The summed E-state index contributed by atoms with van der Waals surface area (Å²) in [4.78, 5) is 17.6. The Morgan fingerprint density at radius 2 is 1.76 bits per heavy atom. The number of carbonyl (C=O) groups excluding carboxylic acids is 1. The molecule has 2 aromatic rings. The quantitative estimate of drug-likeness (QED) is 0.923. The molecule has 0 bridgehead atoms. The number of morpholine rings is 1. The molecule has 0 atom stereocenters. The Labute approximate surface area is 142 Å². The predicted molar refractivity (Wildman–Crippen MR) is 86.7 cm³/mol. The summed E-state index contributed by atoms with van der Waals surface area (Å²) in [6.07, 6.45) is -3.61. The van der Waals surface area contributed by atoms with Crippen molar-refractivity contribution in [3.05, 3.63) is 53.9 Å². The van der Waals surface area contributed by atoms with Crippen molar-refractivity contribution in [2.75, 3.05) is 36.5 Å². The van der Waals surface area contributed by atoms with Crippen LogP contribution in [0.5, 0.6) is 0 Å². The monoisotopic (exact) mass is 351 g/mol. The molecule has 132 valence electrons. The minimum absolute atomic E-state index is 0.0604. The third kappa shape index (κ3) is 4.27. The fourth-order valence-electron chi connectivity index (χ4n) is 2.48. The van der Waals surface area contributed by atoms with Gasteiger partial charge in [-0.2, -0.15) is 13.2 Å². The number of amides is 1. The molecule has 3 rings (SSSR count). The van der Waals surface area contributed by atoms with Crippen LogP contribution in [0.2, 0.25) is 0 Å². The molecule has 0 spiro atoms. The van der Waals surface area contributed by atoms with E-state index in [0.29, 0.717) is 18.9 Å². The van der Waals surface area contributed by atoms with Crippen LogP contribution in [0.3, 0.4) is 0 Å². The Kier molecular flexibility index (Phi) is 4.89. The molecule has 8 heteroatoms. The normalized spacial score (nSPS) is 15.1. The summed E-state index contributed by atoms with van der Waals surface area (Å²) in [5.74, 6) is -0.514. The van der Waals surface area contributed by atoms with Gasteiger partial charge in [-0.15, -0.1) is 0 Å². The molecule has 0 radical (unpaired) electrons. The Balaban J connectivity index is 1.64. The average molecular weight is 351 g/mol. The van der Waals surface area contributed by atoms with Crippen molar-refractivity contribution in [3.8, 4) is 0 Å². The largest absolute Gasteiger partial charge is 0.433 e. The smallest absolute Gasteiger partial charge is 0.378 e. The first kappa shape index (κ1) is 17.2. The molecule has 5 nitrogen and oxygen atoms in total. The summed E-state index contributed by atoms with van der Waals surface area (Å²) in [6, 6.07) is 9.15. The standard InChI is InChI=1S/C17H16F3N3O2/c18-17(19,20)15-6-1-12(11-21-15)16(24)22-13-2-4-14(5-3-13)23-7-9-25-10-8-23/h1-6,11H,7-10H2,(H,22,24). The van der Waals surface area contributed by atoms with E-state index in [1.165, 1.54) is 0 Å². The molecule has 0 saturated carbocycles. The van der Waals surface area contributed by atoms with Gasteiger partial charge in [-0.25, -0.2) is 0 Å². The maximum atomic E-state index is 12.5. The zero-order valence-electron chi connectivity index (χ0n) is 13.2. The van der Waals surface area contributed by atoms with Gasteiger partial charge in [0.15, 0.2) is 0 Å². The lowest BCUT2D eigenvalue weighted by atomic mass is 10.2. The Morgan fingerprint density at radius 3 is 2.32 bits per heavy atom. The number of alkyl halides is 3. The molecule has 1 fully saturated rings. The number of halogens is 3. The van der Waals surface area contributed by atoms with Crippen LogP contribution < -0.4 is 10.2 Å². The second-order valence-corrected chi connectivity index (χ2v) is 5.53. The second kappa shape index (κ2) is 7.10. The molecule has 0 aliphatic carbocycles. The number of anilines is 2. The molecule has 1 amide bonds. The zero-order valence-corrected chi connectivity index (χ0v) is 13.2. The lowest BCUT2D eigenvalue weighted by Crippen LogP contribution is -2.36. The van der Waals surface area contributed by atoms with E-state index in [4.69, 9.17) is 4.74 Å². The number of rotatable bonds is 3. The maximum absolute atomic E-state index is 12.5. The highest BCUT2D eigenvalue weighted by molar-refractivity contribution is 6.04. The van der Waals surface area contributed by atoms with Crippen LogP contribution in [0, 0.1) is 0 Å². The number of carbonyl (C=O) groups is 1. The molecule has 1 N–H and O–H groups in total. The molecule has 2 heterocycles. The molecular formula is C17H16F3N3O2. The summed E-state index contributed by atoms with van der Waals surface area (Å²) in [5, 5.41) is 2.64. The van der Waals surface area contributed by atoms with Crippen molar-refractivity contribution in [2.45, 2.75) is 6.18 Å². The molecule has 1 aliphatic rings. The number of hydrogen-bond acceptors (Lipinski definition) is 4. The van der Waals surface area contributed by atoms with Gasteiger partial charge in [0.05, 0.1) is 18.8 Å². The number of ether oxygens (including phenoxy) is 1. The van der Waals surface area contributed by atoms with Crippen LogP contribution in [0.4, 0.5) is 24.5 Å². The Morgan fingerprint density at radius 1 is 1.08 bits per heavy atom. The number of pyridine rings is 1. The number of nitrogens with one attached hydrogen (secondary N) is 1. The van der Waals surface area contributed by atoms with Crippen LogP contribution in [0.25, 0.3) is 0 Å². The van der Waals surface area contributed by atoms with E-state index in [1.807, 2.05) is 12.1 Å². The molecule has 1 aliphatic heterocycles. The molecule has 1 aromatic heterocycles. The average Bonchev–Trinajstić information content (AvgIpc) is 2.62. The van der Waals surface area contributed by atoms with E-state index in [1.54, 1.807) is 12.1 Å². The highest BCUT2D eigenvalue weighted by Gasteiger charge is 2.32. The van der Waals surface area contributed by atoms with Crippen LogP contribution >= 0.6 is 0 Å².